The van der Waals surface area contributed by atoms with Crippen LogP contribution in [0.2, 0.25) is 0 Å². The molecule has 0 N–H and O–H groups in total. The third-order valence-corrected chi connectivity index (χ3v) is 3.54. The first kappa shape index (κ1) is 13.2. The fourth-order valence-corrected chi connectivity index (χ4v) is 2.37. The smallest absolute Gasteiger partial charge is 0.140 e. The minimum atomic E-state index is -0.343. The number of rotatable bonds is 4. The Hall–Kier alpha value is -1.19. The van der Waals surface area contributed by atoms with Crippen LogP contribution in [-0.2, 0) is 5.88 Å². The molecule has 2 aromatic carbocycles. The summed E-state index contributed by atoms with van der Waals surface area (Å²) in [6, 6.07) is 12.3. The second-order valence-corrected chi connectivity index (χ2v) is 4.72. The number of alkyl halides is 1. The van der Waals surface area contributed by atoms with Crippen LogP contribution in [0, 0.1) is 5.82 Å². The highest BCUT2D eigenvalue weighted by molar-refractivity contribution is 7.98. The number of benzene rings is 2. The molecule has 18 heavy (non-hydrogen) atoms. The van der Waals surface area contributed by atoms with Gasteiger partial charge in [-0.2, -0.15) is 0 Å². The zero-order chi connectivity index (χ0) is 13.0. The molecule has 0 fully saturated rings. The van der Waals surface area contributed by atoms with E-state index >= 15 is 0 Å². The van der Waals surface area contributed by atoms with Crippen LogP contribution in [0.15, 0.2) is 47.4 Å². The van der Waals surface area contributed by atoms with Gasteiger partial charge in [-0.25, -0.2) is 4.39 Å². The third-order valence-electron chi connectivity index (χ3n) is 2.50. The highest BCUT2D eigenvalue weighted by Gasteiger charge is 2.10. The highest BCUT2D eigenvalue weighted by Crippen LogP contribution is 2.33. The third kappa shape index (κ3) is 2.79. The molecule has 0 atom stereocenters. The number of hydrogen-bond donors (Lipinski definition) is 0. The zero-order valence-electron chi connectivity index (χ0n) is 9.82. The summed E-state index contributed by atoms with van der Waals surface area (Å²) in [6.07, 6.45) is 1.97. The molecule has 0 amide bonds. The molecule has 0 radical (unpaired) electrons. The molecule has 0 aliphatic heterocycles. The molecule has 0 aliphatic carbocycles. The predicted molar refractivity (Wildman–Crippen MR) is 74.3 cm³/mol. The number of thioether (sulfide) groups is 1. The summed E-state index contributed by atoms with van der Waals surface area (Å²) in [5, 5.41) is 0. The molecule has 4 heteroatoms. The van der Waals surface area contributed by atoms with Crippen molar-refractivity contribution in [2.45, 2.75) is 10.8 Å². The van der Waals surface area contributed by atoms with Crippen molar-refractivity contribution in [2.24, 2.45) is 0 Å². The van der Waals surface area contributed by atoms with E-state index in [2.05, 4.69) is 0 Å². The Morgan fingerprint density at radius 3 is 2.56 bits per heavy atom. The fourth-order valence-electron chi connectivity index (χ4n) is 1.59. The molecule has 0 heterocycles. The Bertz CT molecular complexity index is 545. The molecule has 0 saturated heterocycles. The van der Waals surface area contributed by atoms with Crippen LogP contribution >= 0.6 is 23.4 Å². The molecule has 0 aliphatic rings. The van der Waals surface area contributed by atoms with Gasteiger partial charge in [-0.1, -0.05) is 18.2 Å². The molecule has 0 aromatic heterocycles. The largest absolute Gasteiger partial charge is 0.456 e. The summed E-state index contributed by atoms with van der Waals surface area (Å²) in [4.78, 5) is 1.00. The van der Waals surface area contributed by atoms with Crippen molar-refractivity contribution in [2.75, 3.05) is 6.26 Å². The topological polar surface area (TPSA) is 9.23 Å². The minimum absolute atomic E-state index is 0.0867. The number of ether oxygens (including phenoxy) is 1. The van der Waals surface area contributed by atoms with E-state index in [-0.39, 0.29) is 11.7 Å². The van der Waals surface area contributed by atoms with E-state index in [1.807, 2.05) is 30.5 Å². The van der Waals surface area contributed by atoms with E-state index in [1.54, 1.807) is 23.9 Å². The molecule has 0 saturated carbocycles. The SMILES string of the molecule is CSc1ccccc1Oc1cccc(F)c1CCl. The van der Waals surface area contributed by atoms with Crippen LogP contribution < -0.4 is 4.74 Å². The maximum atomic E-state index is 13.6. The standard InChI is InChI=1S/C14H12ClFOS/c1-18-14-8-3-2-6-13(14)17-12-7-4-5-11(16)10(12)9-15/h2-8H,9H2,1H3. The lowest BCUT2D eigenvalue weighted by Crippen LogP contribution is -1.94. The Morgan fingerprint density at radius 2 is 1.83 bits per heavy atom. The fraction of sp³-hybridized carbons (Fsp3) is 0.143. The molecule has 1 nitrogen and oxygen atoms in total. The lowest BCUT2D eigenvalue weighted by molar-refractivity contribution is 0.460. The molecule has 2 aromatic rings. The summed E-state index contributed by atoms with van der Waals surface area (Å²) in [5.74, 6) is 0.918. The lowest BCUT2D eigenvalue weighted by atomic mass is 10.2. The second kappa shape index (κ2) is 6.12. The van der Waals surface area contributed by atoms with Gasteiger partial charge in [0.1, 0.15) is 17.3 Å². The van der Waals surface area contributed by atoms with Crippen molar-refractivity contribution in [3.8, 4) is 11.5 Å². The Morgan fingerprint density at radius 1 is 1.11 bits per heavy atom. The van der Waals surface area contributed by atoms with Crippen molar-refractivity contribution < 1.29 is 9.13 Å². The zero-order valence-corrected chi connectivity index (χ0v) is 11.4. The highest BCUT2D eigenvalue weighted by atomic mass is 35.5. The molecule has 2 rings (SSSR count). The number of para-hydroxylation sites is 1. The van der Waals surface area contributed by atoms with Crippen molar-refractivity contribution >= 4 is 23.4 Å². The molecular formula is C14H12ClFOS. The van der Waals surface area contributed by atoms with Gasteiger partial charge in [0.2, 0.25) is 0 Å². The first-order chi connectivity index (χ1) is 8.76. The monoisotopic (exact) mass is 282 g/mol. The van der Waals surface area contributed by atoms with Gasteiger partial charge >= 0.3 is 0 Å². The van der Waals surface area contributed by atoms with Gasteiger partial charge in [-0.3, -0.25) is 0 Å². The minimum Gasteiger partial charge on any atom is -0.456 e. The van der Waals surface area contributed by atoms with E-state index in [1.165, 1.54) is 6.07 Å². The van der Waals surface area contributed by atoms with Crippen LogP contribution in [0.1, 0.15) is 5.56 Å². The Balaban J connectivity index is 2.37. The lowest BCUT2D eigenvalue weighted by Gasteiger charge is -2.12. The predicted octanol–water partition coefficient (Wildman–Crippen LogP) is 5.08. The summed E-state index contributed by atoms with van der Waals surface area (Å²) in [6.45, 7) is 0. The van der Waals surface area contributed by atoms with Gasteiger partial charge in [0.05, 0.1) is 5.88 Å². The summed E-state index contributed by atoms with van der Waals surface area (Å²) >= 11 is 7.33. The molecule has 0 unspecified atom stereocenters. The quantitative estimate of drug-likeness (QED) is 0.571. The van der Waals surface area contributed by atoms with Crippen molar-refractivity contribution in [3.05, 3.63) is 53.8 Å². The first-order valence-corrected chi connectivity index (χ1v) is 7.16. The summed E-state index contributed by atoms with van der Waals surface area (Å²) in [5.41, 5.74) is 0.384. The normalized spacial score (nSPS) is 10.4. The summed E-state index contributed by atoms with van der Waals surface area (Å²) < 4.78 is 19.3. The van der Waals surface area contributed by atoms with E-state index in [9.17, 15) is 4.39 Å². The molecule has 0 spiro atoms. The second-order valence-electron chi connectivity index (χ2n) is 3.60. The first-order valence-electron chi connectivity index (χ1n) is 5.40. The van der Waals surface area contributed by atoms with Crippen molar-refractivity contribution in [1.82, 2.24) is 0 Å². The number of hydrogen-bond acceptors (Lipinski definition) is 2. The Labute approximate surface area is 115 Å². The average molecular weight is 283 g/mol. The van der Waals surface area contributed by atoms with Gasteiger partial charge in [0, 0.05) is 10.5 Å². The van der Waals surface area contributed by atoms with Crippen LogP contribution in [0.3, 0.4) is 0 Å². The van der Waals surface area contributed by atoms with Crippen molar-refractivity contribution in [1.29, 1.82) is 0 Å². The van der Waals surface area contributed by atoms with Gasteiger partial charge in [-0.05, 0) is 30.5 Å². The van der Waals surface area contributed by atoms with Gasteiger partial charge in [-0.15, -0.1) is 23.4 Å². The van der Waals surface area contributed by atoms with E-state index < -0.39 is 0 Å². The average Bonchev–Trinajstić information content (AvgIpc) is 2.40. The molecule has 94 valence electrons. The molecule has 0 bridgehead atoms. The van der Waals surface area contributed by atoms with E-state index in [0.29, 0.717) is 17.1 Å². The van der Waals surface area contributed by atoms with E-state index in [4.69, 9.17) is 16.3 Å². The Kier molecular flexibility index (Phi) is 4.50. The van der Waals surface area contributed by atoms with Gasteiger partial charge in [0.15, 0.2) is 0 Å². The van der Waals surface area contributed by atoms with Crippen molar-refractivity contribution in [3.63, 3.8) is 0 Å². The van der Waals surface area contributed by atoms with E-state index in [0.717, 1.165) is 4.90 Å². The maximum Gasteiger partial charge on any atom is 0.140 e. The maximum absolute atomic E-state index is 13.6. The van der Waals surface area contributed by atoms with Crippen LogP contribution in [0.5, 0.6) is 11.5 Å². The van der Waals surface area contributed by atoms with Crippen LogP contribution in [0.25, 0.3) is 0 Å². The molecular weight excluding hydrogens is 271 g/mol. The van der Waals surface area contributed by atoms with Crippen LogP contribution in [0.4, 0.5) is 4.39 Å². The number of halogens is 2. The summed E-state index contributed by atoms with van der Waals surface area (Å²) in [7, 11) is 0. The van der Waals surface area contributed by atoms with Gasteiger partial charge in [0.25, 0.3) is 0 Å². The van der Waals surface area contributed by atoms with Gasteiger partial charge < -0.3 is 4.74 Å². The van der Waals surface area contributed by atoms with Crippen LogP contribution in [-0.4, -0.2) is 6.26 Å².